The lowest BCUT2D eigenvalue weighted by Gasteiger charge is -2.04. The van der Waals surface area contributed by atoms with Crippen molar-refractivity contribution in [3.8, 4) is 0 Å². The molecule has 0 unspecified atom stereocenters. The molecule has 1 heterocycles. The van der Waals surface area contributed by atoms with Crippen molar-refractivity contribution >= 4 is 33.2 Å². The molecule has 0 atom stereocenters. The Hall–Kier alpha value is -1.17. The number of rotatable bonds is 4. The maximum absolute atomic E-state index is 11.8. The minimum absolute atomic E-state index is 0.0373. The fraction of sp³-hybridized carbons (Fsp3) is 0.154. The van der Waals surface area contributed by atoms with E-state index in [2.05, 4.69) is 21.2 Å². The number of nitrogens with one attached hydrogen (secondary N) is 1. The molecule has 0 spiro atoms. The molecule has 18 heavy (non-hydrogen) atoms. The third kappa shape index (κ3) is 3.41. The molecule has 1 amide bonds. The molecule has 3 nitrogen and oxygen atoms in total. The number of carbonyl (C=O) groups excluding carboxylic acids is 1. The molecule has 0 saturated heterocycles. The van der Waals surface area contributed by atoms with Gasteiger partial charge in [0, 0.05) is 11.9 Å². The second-order valence-corrected chi connectivity index (χ2v) is 6.09. The molecule has 0 bridgehead atoms. The molecule has 2 rings (SSSR count). The van der Waals surface area contributed by atoms with E-state index in [1.165, 1.54) is 11.3 Å². The SMILES string of the molecule is O=C(NCc1ccc(CO)cc1)c1csc(Br)c1. The highest BCUT2D eigenvalue weighted by molar-refractivity contribution is 9.11. The summed E-state index contributed by atoms with van der Waals surface area (Å²) in [5, 5.41) is 13.6. The highest BCUT2D eigenvalue weighted by Gasteiger charge is 2.07. The van der Waals surface area contributed by atoms with Gasteiger partial charge in [0.05, 0.1) is 16.0 Å². The number of halogens is 1. The van der Waals surface area contributed by atoms with Gasteiger partial charge in [0.2, 0.25) is 0 Å². The molecule has 2 aromatic rings. The number of hydrogen-bond donors (Lipinski definition) is 2. The van der Waals surface area contributed by atoms with Crippen LogP contribution in [0.25, 0.3) is 0 Å². The van der Waals surface area contributed by atoms with Crippen molar-refractivity contribution in [3.63, 3.8) is 0 Å². The molecule has 0 aliphatic rings. The van der Waals surface area contributed by atoms with E-state index in [0.717, 1.165) is 14.9 Å². The Morgan fingerprint density at radius 2 is 1.94 bits per heavy atom. The summed E-state index contributed by atoms with van der Waals surface area (Å²) in [6.07, 6.45) is 0. The Labute approximate surface area is 118 Å². The van der Waals surface area contributed by atoms with E-state index in [0.29, 0.717) is 12.1 Å². The summed E-state index contributed by atoms with van der Waals surface area (Å²) in [5.74, 6) is -0.0804. The first-order valence-corrected chi connectivity index (χ1v) is 7.07. The van der Waals surface area contributed by atoms with Gasteiger partial charge in [-0.1, -0.05) is 24.3 Å². The van der Waals surface area contributed by atoms with Gasteiger partial charge in [-0.15, -0.1) is 11.3 Å². The standard InChI is InChI=1S/C13H12BrNO2S/c14-12-5-11(8-18-12)13(17)15-6-9-1-3-10(7-16)4-2-9/h1-5,8,16H,6-7H2,(H,15,17). The number of amides is 1. The topological polar surface area (TPSA) is 49.3 Å². The van der Waals surface area contributed by atoms with Gasteiger partial charge < -0.3 is 10.4 Å². The Bertz CT molecular complexity index is 536. The largest absolute Gasteiger partial charge is 0.392 e. The summed E-state index contributed by atoms with van der Waals surface area (Å²) < 4.78 is 0.944. The summed E-state index contributed by atoms with van der Waals surface area (Å²) in [6.45, 7) is 0.521. The predicted molar refractivity (Wildman–Crippen MR) is 75.6 cm³/mol. The minimum atomic E-state index is -0.0804. The van der Waals surface area contributed by atoms with Gasteiger partial charge >= 0.3 is 0 Å². The molecule has 0 fully saturated rings. The van der Waals surface area contributed by atoms with Gasteiger partial charge in [-0.2, -0.15) is 0 Å². The van der Waals surface area contributed by atoms with Gasteiger partial charge in [-0.25, -0.2) is 0 Å². The van der Waals surface area contributed by atoms with Crippen LogP contribution in [0.4, 0.5) is 0 Å². The van der Waals surface area contributed by atoms with Crippen LogP contribution in [0, 0.1) is 0 Å². The van der Waals surface area contributed by atoms with E-state index in [9.17, 15) is 4.79 Å². The lowest BCUT2D eigenvalue weighted by atomic mass is 10.1. The molecular formula is C13H12BrNO2S. The monoisotopic (exact) mass is 325 g/mol. The quantitative estimate of drug-likeness (QED) is 0.908. The van der Waals surface area contributed by atoms with Crippen LogP contribution in [0.1, 0.15) is 21.5 Å². The van der Waals surface area contributed by atoms with Crippen molar-refractivity contribution in [3.05, 3.63) is 56.2 Å². The van der Waals surface area contributed by atoms with Gasteiger partial charge in [0.1, 0.15) is 0 Å². The first kappa shape index (κ1) is 13.3. The normalized spacial score (nSPS) is 10.3. The Balaban J connectivity index is 1.92. The molecule has 2 N–H and O–H groups in total. The van der Waals surface area contributed by atoms with Crippen LogP contribution in [0.5, 0.6) is 0 Å². The number of aliphatic hydroxyl groups is 1. The Morgan fingerprint density at radius 1 is 1.28 bits per heavy atom. The maximum atomic E-state index is 11.8. The number of hydrogen-bond acceptors (Lipinski definition) is 3. The number of aliphatic hydroxyl groups excluding tert-OH is 1. The lowest BCUT2D eigenvalue weighted by Crippen LogP contribution is -2.22. The minimum Gasteiger partial charge on any atom is -0.392 e. The highest BCUT2D eigenvalue weighted by atomic mass is 79.9. The lowest BCUT2D eigenvalue weighted by molar-refractivity contribution is 0.0951. The van der Waals surface area contributed by atoms with Crippen molar-refractivity contribution in [1.82, 2.24) is 5.32 Å². The van der Waals surface area contributed by atoms with E-state index < -0.39 is 0 Å². The van der Waals surface area contributed by atoms with Crippen LogP contribution >= 0.6 is 27.3 Å². The van der Waals surface area contributed by atoms with Crippen LogP contribution in [-0.4, -0.2) is 11.0 Å². The first-order chi connectivity index (χ1) is 8.69. The molecule has 0 saturated carbocycles. The van der Waals surface area contributed by atoms with Crippen molar-refractivity contribution in [2.75, 3.05) is 0 Å². The Morgan fingerprint density at radius 3 is 2.50 bits per heavy atom. The summed E-state index contributed by atoms with van der Waals surface area (Å²) in [7, 11) is 0. The molecule has 0 aliphatic carbocycles. The zero-order chi connectivity index (χ0) is 13.0. The molecule has 0 aliphatic heterocycles. The predicted octanol–water partition coefficient (Wildman–Crippen LogP) is 2.93. The van der Waals surface area contributed by atoms with E-state index in [-0.39, 0.29) is 12.5 Å². The van der Waals surface area contributed by atoms with Gasteiger partial charge in [0.25, 0.3) is 5.91 Å². The summed E-state index contributed by atoms with van der Waals surface area (Å²) >= 11 is 4.81. The van der Waals surface area contributed by atoms with E-state index >= 15 is 0 Å². The average molecular weight is 326 g/mol. The van der Waals surface area contributed by atoms with Crippen molar-refractivity contribution < 1.29 is 9.90 Å². The first-order valence-electron chi connectivity index (χ1n) is 5.40. The Kier molecular flexibility index (Phi) is 4.52. The molecular weight excluding hydrogens is 314 g/mol. The van der Waals surface area contributed by atoms with Crippen molar-refractivity contribution in [1.29, 1.82) is 0 Å². The molecule has 1 aromatic carbocycles. The van der Waals surface area contributed by atoms with E-state index in [4.69, 9.17) is 5.11 Å². The zero-order valence-electron chi connectivity index (χ0n) is 9.52. The summed E-state index contributed by atoms with van der Waals surface area (Å²) in [5.41, 5.74) is 2.54. The fourth-order valence-corrected chi connectivity index (χ4v) is 2.61. The number of thiophene rings is 1. The van der Waals surface area contributed by atoms with Crippen LogP contribution in [0.15, 0.2) is 39.5 Å². The molecule has 1 aromatic heterocycles. The van der Waals surface area contributed by atoms with Gasteiger partial charge in [-0.05, 0) is 33.1 Å². The zero-order valence-corrected chi connectivity index (χ0v) is 11.9. The number of carbonyl (C=O) groups is 1. The second-order valence-electron chi connectivity index (χ2n) is 3.80. The third-order valence-electron chi connectivity index (χ3n) is 2.49. The molecule has 0 radical (unpaired) electrons. The third-order valence-corrected chi connectivity index (χ3v) is 3.99. The van der Waals surface area contributed by atoms with Crippen LogP contribution in [0.2, 0.25) is 0 Å². The van der Waals surface area contributed by atoms with Crippen molar-refractivity contribution in [2.24, 2.45) is 0 Å². The summed E-state index contributed by atoms with van der Waals surface area (Å²) in [6, 6.07) is 9.30. The van der Waals surface area contributed by atoms with Gasteiger partial charge in [0.15, 0.2) is 0 Å². The second kappa shape index (κ2) is 6.13. The van der Waals surface area contributed by atoms with Crippen LogP contribution in [0.3, 0.4) is 0 Å². The maximum Gasteiger partial charge on any atom is 0.252 e. The summed E-state index contributed by atoms with van der Waals surface area (Å²) in [4.78, 5) is 11.8. The average Bonchev–Trinajstić information content (AvgIpc) is 2.83. The van der Waals surface area contributed by atoms with E-state index in [1.54, 1.807) is 6.07 Å². The van der Waals surface area contributed by atoms with Crippen LogP contribution in [-0.2, 0) is 13.2 Å². The smallest absolute Gasteiger partial charge is 0.252 e. The van der Waals surface area contributed by atoms with Gasteiger partial charge in [-0.3, -0.25) is 4.79 Å². The van der Waals surface area contributed by atoms with Crippen molar-refractivity contribution in [2.45, 2.75) is 13.2 Å². The van der Waals surface area contributed by atoms with Crippen LogP contribution < -0.4 is 5.32 Å². The van der Waals surface area contributed by atoms with E-state index in [1.807, 2.05) is 29.6 Å². The molecule has 94 valence electrons. The highest BCUT2D eigenvalue weighted by Crippen LogP contribution is 2.20. The number of benzene rings is 1. The fourth-order valence-electron chi connectivity index (χ4n) is 1.48. The molecule has 5 heteroatoms.